The number of nitrogens with one attached hydrogen (secondary N) is 1. The van der Waals surface area contributed by atoms with E-state index in [0.717, 1.165) is 10.8 Å². The Morgan fingerprint density at radius 3 is 2.54 bits per heavy atom. The monoisotopic (exact) mass is 340 g/mol. The maximum atomic E-state index is 12.5. The molecular formula is C19H20N2O2S. The standard InChI is InChI=1S/C19H20N2O2S/c1-21(2)17(15-7-8-24-12-15)11-20-19(23)16-9-13-5-3-4-6-14(13)10-18(16)22/h3-10,12,17,22H,11H2,1-2H3,(H,20,23). The van der Waals surface area contributed by atoms with Gasteiger partial charge >= 0.3 is 0 Å². The van der Waals surface area contributed by atoms with Crippen molar-refractivity contribution in [2.45, 2.75) is 6.04 Å². The second-order valence-electron chi connectivity index (χ2n) is 5.96. The van der Waals surface area contributed by atoms with Crippen LogP contribution in [0, 0.1) is 0 Å². The molecule has 0 aliphatic heterocycles. The number of phenols is 1. The van der Waals surface area contributed by atoms with E-state index in [0.29, 0.717) is 12.1 Å². The molecule has 5 heteroatoms. The first kappa shape index (κ1) is 16.5. The maximum absolute atomic E-state index is 12.5. The van der Waals surface area contributed by atoms with E-state index in [1.807, 2.05) is 43.7 Å². The summed E-state index contributed by atoms with van der Waals surface area (Å²) in [6.07, 6.45) is 0. The summed E-state index contributed by atoms with van der Waals surface area (Å²) in [5.74, 6) is -0.261. The highest BCUT2D eigenvalue weighted by Crippen LogP contribution is 2.25. The van der Waals surface area contributed by atoms with E-state index >= 15 is 0 Å². The van der Waals surface area contributed by atoms with Crippen molar-refractivity contribution >= 4 is 28.0 Å². The summed E-state index contributed by atoms with van der Waals surface area (Å²) in [5, 5.41) is 19.1. The van der Waals surface area contributed by atoms with Gasteiger partial charge in [-0.1, -0.05) is 24.3 Å². The summed E-state index contributed by atoms with van der Waals surface area (Å²) in [4.78, 5) is 14.6. The Labute approximate surface area is 145 Å². The van der Waals surface area contributed by atoms with Gasteiger partial charge in [-0.25, -0.2) is 0 Å². The van der Waals surface area contributed by atoms with Gasteiger partial charge in [0.25, 0.3) is 5.91 Å². The number of hydrogen-bond donors (Lipinski definition) is 2. The van der Waals surface area contributed by atoms with Gasteiger partial charge < -0.3 is 15.3 Å². The number of hydrogen-bond acceptors (Lipinski definition) is 4. The van der Waals surface area contributed by atoms with Crippen LogP contribution >= 0.6 is 11.3 Å². The molecular weight excluding hydrogens is 320 g/mol. The first-order valence-corrected chi connectivity index (χ1v) is 8.69. The van der Waals surface area contributed by atoms with Gasteiger partial charge in [0.15, 0.2) is 0 Å². The minimum Gasteiger partial charge on any atom is -0.507 e. The van der Waals surface area contributed by atoms with Crippen LogP contribution in [0.3, 0.4) is 0 Å². The zero-order chi connectivity index (χ0) is 17.1. The second-order valence-corrected chi connectivity index (χ2v) is 6.74. The third-order valence-electron chi connectivity index (χ3n) is 4.12. The Balaban J connectivity index is 1.78. The van der Waals surface area contributed by atoms with Gasteiger partial charge in [0.1, 0.15) is 5.75 Å². The van der Waals surface area contributed by atoms with Crippen molar-refractivity contribution < 1.29 is 9.90 Å². The van der Waals surface area contributed by atoms with E-state index in [1.54, 1.807) is 23.5 Å². The zero-order valence-corrected chi connectivity index (χ0v) is 14.5. The summed E-state index contributed by atoms with van der Waals surface area (Å²) in [6.45, 7) is 0.481. The zero-order valence-electron chi connectivity index (χ0n) is 13.7. The maximum Gasteiger partial charge on any atom is 0.255 e. The van der Waals surface area contributed by atoms with E-state index in [1.165, 1.54) is 5.56 Å². The quantitative estimate of drug-likeness (QED) is 0.745. The highest BCUT2D eigenvalue weighted by molar-refractivity contribution is 7.07. The lowest BCUT2D eigenvalue weighted by Crippen LogP contribution is -2.34. The number of thiophene rings is 1. The third kappa shape index (κ3) is 3.42. The van der Waals surface area contributed by atoms with Crippen molar-refractivity contribution in [2.75, 3.05) is 20.6 Å². The molecule has 1 amide bonds. The number of carbonyl (C=O) groups excluding carboxylic acids is 1. The van der Waals surface area contributed by atoms with Gasteiger partial charge in [0, 0.05) is 6.54 Å². The molecule has 1 unspecified atom stereocenters. The molecule has 0 radical (unpaired) electrons. The van der Waals surface area contributed by atoms with Crippen molar-refractivity contribution in [3.8, 4) is 5.75 Å². The number of amides is 1. The van der Waals surface area contributed by atoms with Crippen molar-refractivity contribution in [1.29, 1.82) is 0 Å². The van der Waals surface area contributed by atoms with Gasteiger partial charge in [-0.3, -0.25) is 4.79 Å². The van der Waals surface area contributed by atoms with Gasteiger partial charge in [0.05, 0.1) is 11.6 Å². The van der Waals surface area contributed by atoms with Crippen molar-refractivity contribution in [1.82, 2.24) is 10.2 Å². The third-order valence-corrected chi connectivity index (χ3v) is 4.82. The number of likely N-dealkylation sites (N-methyl/N-ethyl adjacent to an activating group) is 1. The van der Waals surface area contributed by atoms with Gasteiger partial charge in [-0.2, -0.15) is 11.3 Å². The molecule has 4 nitrogen and oxygen atoms in total. The molecule has 0 saturated carbocycles. The molecule has 0 aliphatic rings. The van der Waals surface area contributed by atoms with Crippen LogP contribution in [0.15, 0.2) is 53.2 Å². The minimum absolute atomic E-state index is 0.00290. The van der Waals surface area contributed by atoms with E-state index in [9.17, 15) is 9.90 Å². The number of phenolic OH excluding ortho intramolecular Hbond substituents is 1. The lowest BCUT2D eigenvalue weighted by Gasteiger charge is -2.24. The molecule has 2 aromatic carbocycles. The van der Waals surface area contributed by atoms with Gasteiger partial charge in [0.2, 0.25) is 0 Å². The Morgan fingerprint density at radius 2 is 1.92 bits per heavy atom. The van der Waals surface area contributed by atoms with Gasteiger partial charge in [-0.15, -0.1) is 0 Å². The van der Waals surface area contributed by atoms with Crippen molar-refractivity contribution in [3.63, 3.8) is 0 Å². The van der Waals surface area contributed by atoms with E-state index < -0.39 is 0 Å². The fourth-order valence-electron chi connectivity index (χ4n) is 2.76. The molecule has 0 spiro atoms. The molecule has 1 heterocycles. The van der Waals surface area contributed by atoms with Crippen LogP contribution in [0.4, 0.5) is 0 Å². The first-order chi connectivity index (χ1) is 11.6. The molecule has 124 valence electrons. The predicted octanol–water partition coefficient (Wildman–Crippen LogP) is 3.64. The fraction of sp³-hybridized carbons (Fsp3) is 0.211. The number of benzene rings is 2. The summed E-state index contributed by atoms with van der Waals surface area (Å²) < 4.78 is 0. The van der Waals surface area contributed by atoms with Crippen LogP contribution < -0.4 is 5.32 Å². The summed E-state index contributed by atoms with van der Waals surface area (Å²) in [6, 6.07) is 13.2. The lowest BCUT2D eigenvalue weighted by molar-refractivity contribution is 0.0939. The Bertz CT molecular complexity index is 844. The highest BCUT2D eigenvalue weighted by Gasteiger charge is 2.18. The van der Waals surface area contributed by atoms with Crippen LogP contribution in [0.2, 0.25) is 0 Å². The molecule has 0 saturated heterocycles. The summed E-state index contributed by atoms with van der Waals surface area (Å²) >= 11 is 1.64. The van der Waals surface area contributed by atoms with E-state index in [-0.39, 0.29) is 17.7 Å². The molecule has 24 heavy (non-hydrogen) atoms. The molecule has 1 aromatic heterocycles. The SMILES string of the molecule is CN(C)C(CNC(=O)c1cc2ccccc2cc1O)c1ccsc1. The summed E-state index contributed by atoms with van der Waals surface area (Å²) in [5.41, 5.74) is 1.48. The predicted molar refractivity (Wildman–Crippen MR) is 98.7 cm³/mol. The van der Waals surface area contributed by atoms with Crippen LogP contribution in [0.25, 0.3) is 10.8 Å². The van der Waals surface area contributed by atoms with Crippen molar-refractivity contribution in [3.05, 3.63) is 64.4 Å². The van der Waals surface area contributed by atoms with Crippen molar-refractivity contribution in [2.24, 2.45) is 0 Å². The van der Waals surface area contributed by atoms with E-state index in [4.69, 9.17) is 0 Å². The lowest BCUT2D eigenvalue weighted by atomic mass is 10.0. The van der Waals surface area contributed by atoms with Crippen LogP contribution in [0.5, 0.6) is 5.75 Å². The number of carbonyl (C=O) groups is 1. The van der Waals surface area contributed by atoms with Gasteiger partial charge in [-0.05, 0) is 59.4 Å². The summed E-state index contributed by atoms with van der Waals surface area (Å²) in [7, 11) is 3.98. The Morgan fingerprint density at radius 1 is 1.21 bits per heavy atom. The van der Waals surface area contributed by atoms with E-state index in [2.05, 4.69) is 21.7 Å². The molecule has 3 rings (SSSR count). The number of rotatable bonds is 5. The Kier molecular flexibility index (Phi) is 4.83. The number of nitrogens with zero attached hydrogens (tertiary/aromatic N) is 1. The molecule has 0 aliphatic carbocycles. The molecule has 3 aromatic rings. The average molecular weight is 340 g/mol. The van der Waals surface area contributed by atoms with Crippen LogP contribution in [0.1, 0.15) is 22.0 Å². The molecule has 0 bridgehead atoms. The topological polar surface area (TPSA) is 52.6 Å². The number of aromatic hydroxyl groups is 1. The smallest absolute Gasteiger partial charge is 0.255 e. The van der Waals surface area contributed by atoms with Crippen LogP contribution in [-0.4, -0.2) is 36.6 Å². The molecule has 1 atom stereocenters. The molecule has 2 N–H and O–H groups in total. The highest BCUT2D eigenvalue weighted by atomic mass is 32.1. The molecule has 0 fully saturated rings. The fourth-order valence-corrected chi connectivity index (χ4v) is 3.46. The largest absolute Gasteiger partial charge is 0.507 e. The minimum atomic E-state index is -0.264. The average Bonchev–Trinajstić information content (AvgIpc) is 3.08. The van der Waals surface area contributed by atoms with Crippen LogP contribution in [-0.2, 0) is 0 Å². The Hall–Kier alpha value is -2.37. The number of fused-ring (bicyclic) bond motifs is 1. The second kappa shape index (κ2) is 7.03. The first-order valence-electron chi connectivity index (χ1n) is 7.74. The normalized spacial score (nSPS) is 12.5.